The van der Waals surface area contributed by atoms with Crippen molar-refractivity contribution in [3.05, 3.63) is 33.3 Å². The summed E-state index contributed by atoms with van der Waals surface area (Å²) in [7, 11) is 0. The molecular weight excluding hydrogens is 274 g/mol. The van der Waals surface area contributed by atoms with Gasteiger partial charge in [0.1, 0.15) is 0 Å². The van der Waals surface area contributed by atoms with E-state index in [1.54, 1.807) is 13.0 Å². The summed E-state index contributed by atoms with van der Waals surface area (Å²) in [6.45, 7) is 1.57. The van der Waals surface area contributed by atoms with Crippen LogP contribution in [0.2, 0.25) is 0 Å². The zero-order valence-corrected chi connectivity index (χ0v) is 10.2. The normalized spacial score (nSPS) is 9.62. The predicted molar refractivity (Wildman–Crippen MR) is 60.7 cm³/mol. The SMILES string of the molecule is CCOC(=O)c1cc(Br)cc(C#N)c1CO. The molecule has 0 fully saturated rings. The molecule has 0 atom stereocenters. The van der Waals surface area contributed by atoms with Crippen molar-refractivity contribution in [2.24, 2.45) is 0 Å². The van der Waals surface area contributed by atoms with Crippen molar-refractivity contribution in [1.82, 2.24) is 0 Å². The molecule has 0 saturated heterocycles. The Morgan fingerprint density at radius 1 is 1.62 bits per heavy atom. The summed E-state index contributed by atoms with van der Waals surface area (Å²) >= 11 is 3.20. The highest BCUT2D eigenvalue weighted by molar-refractivity contribution is 9.10. The van der Waals surface area contributed by atoms with Crippen LogP contribution in [0, 0.1) is 11.3 Å². The number of nitrogens with zero attached hydrogens (tertiary/aromatic N) is 1. The van der Waals surface area contributed by atoms with Crippen LogP contribution in [0.1, 0.15) is 28.4 Å². The standard InChI is InChI=1S/C11H10BrNO3/c1-2-16-11(15)9-4-8(12)3-7(5-13)10(9)6-14/h3-4,14H,2,6H2,1H3. The van der Waals surface area contributed by atoms with Crippen molar-refractivity contribution in [1.29, 1.82) is 5.26 Å². The fourth-order valence-electron chi connectivity index (χ4n) is 1.30. The molecule has 16 heavy (non-hydrogen) atoms. The first-order valence-corrected chi connectivity index (χ1v) is 5.43. The van der Waals surface area contributed by atoms with Gasteiger partial charge in [-0.15, -0.1) is 0 Å². The van der Waals surface area contributed by atoms with E-state index in [2.05, 4.69) is 15.9 Å². The molecule has 1 rings (SSSR count). The largest absolute Gasteiger partial charge is 0.462 e. The van der Waals surface area contributed by atoms with E-state index >= 15 is 0 Å². The molecule has 0 spiro atoms. The van der Waals surface area contributed by atoms with E-state index in [9.17, 15) is 4.79 Å². The summed E-state index contributed by atoms with van der Waals surface area (Å²) in [5.74, 6) is -0.538. The van der Waals surface area contributed by atoms with Gasteiger partial charge in [0.2, 0.25) is 0 Å². The topological polar surface area (TPSA) is 70.3 Å². The maximum absolute atomic E-state index is 11.6. The fourth-order valence-corrected chi connectivity index (χ4v) is 1.76. The smallest absolute Gasteiger partial charge is 0.338 e. The van der Waals surface area contributed by atoms with Crippen LogP contribution < -0.4 is 0 Å². The highest BCUT2D eigenvalue weighted by Gasteiger charge is 2.16. The minimum absolute atomic E-state index is 0.218. The van der Waals surface area contributed by atoms with E-state index in [4.69, 9.17) is 15.1 Å². The van der Waals surface area contributed by atoms with Gasteiger partial charge in [-0.2, -0.15) is 5.26 Å². The van der Waals surface area contributed by atoms with Crippen LogP contribution in [0.25, 0.3) is 0 Å². The Kier molecular flexibility index (Phi) is 4.47. The number of aliphatic hydroxyl groups is 1. The third-order valence-electron chi connectivity index (χ3n) is 1.99. The van der Waals surface area contributed by atoms with Crippen molar-refractivity contribution in [2.45, 2.75) is 13.5 Å². The van der Waals surface area contributed by atoms with E-state index in [1.807, 2.05) is 6.07 Å². The van der Waals surface area contributed by atoms with Gasteiger partial charge in [0.15, 0.2) is 0 Å². The lowest BCUT2D eigenvalue weighted by molar-refractivity contribution is 0.0522. The van der Waals surface area contributed by atoms with Crippen molar-refractivity contribution in [3.8, 4) is 6.07 Å². The third kappa shape index (κ3) is 2.60. The molecule has 1 N–H and O–H groups in total. The molecule has 0 heterocycles. The second-order valence-electron chi connectivity index (χ2n) is 2.97. The van der Waals surface area contributed by atoms with Gasteiger partial charge in [-0.3, -0.25) is 0 Å². The summed E-state index contributed by atoms with van der Waals surface area (Å²) in [5, 5.41) is 18.0. The Morgan fingerprint density at radius 2 is 2.31 bits per heavy atom. The van der Waals surface area contributed by atoms with E-state index in [0.29, 0.717) is 10.0 Å². The highest BCUT2D eigenvalue weighted by Crippen LogP contribution is 2.22. The number of carbonyl (C=O) groups excluding carboxylic acids is 1. The lowest BCUT2D eigenvalue weighted by atomic mass is 10.0. The van der Waals surface area contributed by atoms with Crippen LogP contribution in [0.15, 0.2) is 16.6 Å². The van der Waals surface area contributed by atoms with Crippen molar-refractivity contribution < 1.29 is 14.6 Å². The number of ether oxygens (including phenoxy) is 1. The Morgan fingerprint density at radius 3 is 2.81 bits per heavy atom. The van der Waals surface area contributed by atoms with Gasteiger partial charge in [-0.1, -0.05) is 15.9 Å². The molecule has 0 radical (unpaired) electrons. The van der Waals surface area contributed by atoms with Crippen molar-refractivity contribution >= 4 is 21.9 Å². The molecule has 0 aliphatic carbocycles. The lowest BCUT2D eigenvalue weighted by Crippen LogP contribution is -2.09. The zero-order chi connectivity index (χ0) is 12.1. The number of hydrogen-bond donors (Lipinski definition) is 1. The summed E-state index contributed by atoms with van der Waals surface area (Å²) in [5.41, 5.74) is 0.777. The molecule has 1 aromatic rings. The number of halogens is 1. The van der Waals surface area contributed by atoms with Crippen LogP contribution in [-0.2, 0) is 11.3 Å². The molecular formula is C11H10BrNO3. The van der Waals surface area contributed by atoms with Crippen LogP contribution in [0.3, 0.4) is 0 Å². The van der Waals surface area contributed by atoms with Crippen molar-refractivity contribution in [2.75, 3.05) is 6.61 Å². The maximum Gasteiger partial charge on any atom is 0.338 e. The van der Waals surface area contributed by atoms with Crippen LogP contribution in [0.5, 0.6) is 0 Å². The molecule has 0 aromatic heterocycles. The number of benzene rings is 1. The summed E-state index contributed by atoms with van der Waals surface area (Å²) < 4.78 is 5.45. The van der Waals surface area contributed by atoms with Crippen molar-refractivity contribution in [3.63, 3.8) is 0 Å². The Hall–Kier alpha value is -1.38. The van der Waals surface area contributed by atoms with Gasteiger partial charge >= 0.3 is 5.97 Å². The van der Waals surface area contributed by atoms with Gasteiger partial charge in [0.05, 0.1) is 30.4 Å². The molecule has 0 saturated carbocycles. The number of hydrogen-bond acceptors (Lipinski definition) is 4. The van der Waals surface area contributed by atoms with Crippen LogP contribution >= 0.6 is 15.9 Å². The summed E-state index contributed by atoms with van der Waals surface area (Å²) in [6.07, 6.45) is 0. The Labute approximate surface area is 102 Å². The second-order valence-corrected chi connectivity index (χ2v) is 3.89. The Balaban J connectivity index is 3.32. The third-order valence-corrected chi connectivity index (χ3v) is 2.45. The van der Waals surface area contributed by atoms with E-state index in [0.717, 1.165) is 0 Å². The second kappa shape index (κ2) is 5.64. The molecule has 0 unspecified atom stereocenters. The zero-order valence-electron chi connectivity index (χ0n) is 8.66. The van der Waals surface area contributed by atoms with Crippen LogP contribution in [0.4, 0.5) is 0 Å². The van der Waals surface area contributed by atoms with E-state index in [1.165, 1.54) is 6.07 Å². The fraction of sp³-hybridized carbons (Fsp3) is 0.273. The first kappa shape index (κ1) is 12.7. The van der Waals surface area contributed by atoms with E-state index in [-0.39, 0.29) is 24.3 Å². The number of aliphatic hydroxyl groups excluding tert-OH is 1. The predicted octanol–water partition coefficient (Wildman–Crippen LogP) is 1.99. The monoisotopic (exact) mass is 283 g/mol. The summed E-state index contributed by atoms with van der Waals surface area (Å²) in [4.78, 5) is 11.6. The minimum atomic E-state index is -0.538. The lowest BCUT2D eigenvalue weighted by Gasteiger charge is -2.09. The number of nitriles is 1. The molecule has 5 heteroatoms. The van der Waals surface area contributed by atoms with Gasteiger partial charge < -0.3 is 9.84 Å². The molecule has 0 bridgehead atoms. The molecule has 0 amide bonds. The van der Waals surface area contributed by atoms with Gasteiger partial charge in [-0.05, 0) is 19.1 Å². The minimum Gasteiger partial charge on any atom is -0.462 e. The molecule has 4 nitrogen and oxygen atoms in total. The first-order chi connectivity index (χ1) is 7.63. The highest BCUT2D eigenvalue weighted by atomic mass is 79.9. The average molecular weight is 284 g/mol. The molecule has 0 aliphatic rings. The van der Waals surface area contributed by atoms with Gasteiger partial charge in [-0.25, -0.2) is 4.79 Å². The number of carbonyl (C=O) groups is 1. The number of esters is 1. The van der Waals surface area contributed by atoms with E-state index < -0.39 is 5.97 Å². The quantitative estimate of drug-likeness (QED) is 0.862. The molecule has 84 valence electrons. The maximum atomic E-state index is 11.6. The average Bonchev–Trinajstić information content (AvgIpc) is 2.28. The van der Waals surface area contributed by atoms with Crippen LogP contribution in [-0.4, -0.2) is 17.7 Å². The molecule has 1 aromatic carbocycles. The Bertz CT molecular complexity index is 451. The summed E-state index contributed by atoms with van der Waals surface area (Å²) in [6, 6.07) is 5.01. The van der Waals surface area contributed by atoms with Gasteiger partial charge in [0, 0.05) is 10.0 Å². The van der Waals surface area contributed by atoms with Gasteiger partial charge in [0.25, 0.3) is 0 Å². The number of rotatable bonds is 3. The first-order valence-electron chi connectivity index (χ1n) is 4.64. The molecule has 0 aliphatic heterocycles.